The van der Waals surface area contributed by atoms with Gasteiger partial charge >= 0.3 is 0 Å². The van der Waals surface area contributed by atoms with Gasteiger partial charge < -0.3 is 9.88 Å². The van der Waals surface area contributed by atoms with Crippen LogP contribution in [0.25, 0.3) is 10.9 Å². The Labute approximate surface area is 140 Å². The number of hydrogen-bond acceptors (Lipinski definition) is 3. The van der Waals surface area contributed by atoms with Gasteiger partial charge in [-0.05, 0) is 32.0 Å². The highest BCUT2D eigenvalue weighted by Crippen LogP contribution is 2.31. The van der Waals surface area contributed by atoms with Gasteiger partial charge in [-0.25, -0.2) is 0 Å². The second-order valence-corrected chi connectivity index (χ2v) is 7.67. The monoisotopic (exact) mass is 339 g/mol. The molecule has 0 radical (unpaired) electrons. The van der Waals surface area contributed by atoms with Crippen molar-refractivity contribution in [3.8, 4) is 0 Å². The molecule has 1 N–H and O–H groups in total. The van der Waals surface area contributed by atoms with Crippen molar-refractivity contribution in [2.24, 2.45) is 4.40 Å². The standard InChI is InChI=1S/C18H17N3O2S/c1-12(2)21-11-14(13-7-3-5-9-16(13)21)18-19-15-8-4-6-10-17(15)24(22,23)20-18/h3-12H,1-2H3,(H,19,20). The van der Waals surface area contributed by atoms with Crippen LogP contribution in [0.5, 0.6) is 0 Å². The van der Waals surface area contributed by atoms with Gasteiger partial charge in [0.1, 0.15) is 4.90 Å². The third-order valence-electron chi connectivity index (χ3n) is 4.18. The summed E-state index contributed by atoms with van der Waals surface area (Å²) in [6.45, 7) is 4.19. The van der Waals surface area contributed by atoms with Gasteiger partial charge in [0.15, 0.2) is 5.84 Å². The van der Waals surface area contributed by atoms with Crippen LogP contribution in [0.2, 0.25) is 0 Å². The molecule has 0 atom stereocenters. The van der Waals surface area contributed by atoms with Gasteiger partial charge in [0.2, 0.25) is 0 Å². The summed E-state index contributed by atoms with van der Waals surface area (Å²) >= 11 is 0. The lowest BCUT2D eigenvalue weighted by atomic mass is 10.1. The number of nitrogens with zero attached hydrogens (tertiary/aromatic N) is 2. The Bertz CT molecular complexity index is 1080. The third kappa shape index (κ3) is 2.22. The predicted octanol–water partition coefficient (Wildman–Crippen LogP) is 3.78. The first-order valence-electron chi connectivity index (χ1n) is 7.78. The number of sulfonamides is 1. The minimum atomic E-state index is -3.70. The zero-order chi connectivity index (χ0) is 16.9. The lowest BCUT2D eigenvalue weighted by Gasteiger charge is -2.17. The molecule has 0 saturated heterocycles. The van der Waals surface area contributed by atoms with Gasteiger partial charge in [0.25, 0.3) is 10.0 Å². The van der Waals surface area contributed by atoms with Crippen LogP contribution >= 0.6 is 0 Å². The second-order valence-electron chi connectivity index (χ2n) is 6.10. The summed E-state index contributed by atoms with van der Waals surface area (Å²) in [5.74, 6) is 0.365. The zero-order valence-corrected chi connectivity index (χ0v) is 14.2. The number of nitrogens with one attached hydrogen (secondary N) is 1. The Morgan fingerprint density at radius 3 is 2.54 bits per heavy atom. The molecule has 1 aromatic heterocycles. The summed E-state index contributed by atoms with van der Waals surface area (Å²) in [5, 5.41) is 4.15. The average Bonchev–Trinajstić information content (AvgIpc) is 2.94. The van der Waals surface area contributed by atoms with E-state index in [9.17, 15) is 8.42 Å². The van der Waals surface area contributed by atoms with E-state index in [-0.39, 0.29) is 10.9 Å². The normalized spacial score (nSPS) is 15.9. The molecular formula is C18H17N3O2S. The Morgan fingerprint density at radius 2 is 1.75 bits per heavy atom. The third-order valence-corrected chi connectivity index (χ3v) is 5.52. The molecule has 6 heteroatoms. The van der Waals surface area contributed by atoms with Crippen LogP contribution < -0.4 is 5.32 Å². The van der Waals surface area contributed by atoms with E-state index in [0.29, 0.717) is 11.5 Å². The van der Waals surface area contributed by atoms with Gasteiger partial charge in [-0.2, -0.15) is 8.42 Å². The van der Waals surface area contributed by atoms with Crippen LogP contribution in [-0.4, -0.2) is 18.8 Å². The molecule has 0 saturated carbocycles. The first kappa shape index (κ1) is 15.0. The van der Waals surface area contributed by atoms with E-state index in [1.165, 1.54) is 0 Å². The summed E-state index contributed by atoms with van der Waals surface area (Å²) in [6, 6.07) is 15.0. The number of hydrogen-bond donors (Lipinski definition) is 1. The Balaban J connectivity index is 1.95. The molecule has 0 unspecified atom stereocenters. The smallest absolute Gasteiger partial charge is 0.286 e. The molecule has 2 heterocycles. The summed E-state index contributed by atoms with van der Waals surface area (Å²) in [5.41, 5.74) is 2.41. The maximum absolute atomic E-state index is 12.5. The number of benzene rings is 2. The molecule has 4 rings (SSSR count). The lowest BCUT2D eigenvalue weighted by Crippen LogP contribution is -2.22. The molecule has 0 bridgehead atoms. The summed E-state index contributed by atoms with van der Waals surface area (Å²) in [6.07, 6.45) is 1.96. The molecule has 0 fully saturated rings. The fourth-order valence-corrected chi connectivity index (χ4v) is 4.18. The van der Waals surface area contributed by atoms with E-state index in [4.69, 9.17) is 0 Å². The topological polar surface area (TPSA) is 63.5 Å². The number of amidine groups is 1. The van der Waals surface area contributed by atoms with Crippen LogP contribution in [0, 0.1) is 0 Å². The summed E-state index contributed by atoms with van der Waals surface area (Å²) in [7, 11) is -3.70. The van der Waals surface area contributed by atoms with Crippen molar-refractivity contribution in [3.63, 3.8) is 0 Å². The largest absolute Gasteiger partial charge is 0.344 e. The summed E-state index contributed by atoms with van der Waals surface area (Å²) in [4.78, 5) is 0.210. The van der Waals surface area contributed by atoms with Gasteiger partial charge in [0.05, 0.1) is 5.69 Å². The van der Waals surface area contributed by atoms with Gasteiger partial charge in [0, 0.05) is 28.7 Å². The van der Waals surface area contributed by atoms with Crippen LogP contribution in [0.1, 0.15) is 25.5 Å². The Hall–Kier alpha value is -2.60. The molecule has 0 spiro atoms. The Kier molecular flexibility index (Phi) is 3.25. The molecule has 122 valence electrons. The van der Waals surface area contributed by atoms with Crippen molar-refractivity contribution in [1.82, 2.24) is 4.57 Å². The van der Waals surface area contributed by atoms with E-state index in [1.807, 2.05) is 36.5 Å². The summed E-state index contributed by atoms with van der Waals surface area (Å²) < 4.78 is 31.1. The quantitative estimate of drug-likeness (QED) is 0.773. The fourth-order valence-electron chi connectivity index (χ4n) is 3.05. The van der Waals surface area contributed by atoms with E-state index in [1.54, 1.807) is 18.2 Å². The van der Waals surface area contributed by atoms with Crippen LogP contribution in [-0.2, 0) is 10.0 Å². The van der Waals surface area contributed by atoms with Crippen molar-refractivity contribution >= 4 is 32.4 Å². The van der Waals surface area contributed by atoms with Gasteiger partial charge in [-0.15, -0.1) is 4.40 Å². The van der Waals surface area contributed by atoms with Crippen LogP contribution in [0.3, 0.4) is 0 Å². The van der Waals surface area contributed by atoms with E-state index in [0.717, 1.165) is 16.5 Å². The highest BCUT2D eigenvalue weighted by Gasteiger charge is 2.26. The van der Waals surface area contributed by atoms with Crippen molar-refractivity contribution in [2.75, 3.05) is 5.32 Å². The first-order chi connectivity index (χ1) is 11.5. The highest BCUT2D eigenvalue weighted by atomic mass is 32.2. The van der Waals surface area contributed by atoms with Gasteiger partial charge in [-0.1, -0.05) is 30.3 Å². The molecule has 1 aliphatic rings. The predicted molar refractivity (Wildman–Crippen MR) is 96.1 cm³/mol. The molecule has 0 amide bonds. The number of fused-ring (bicyclic) bond motifs is 2. The van der Waals surface area contributed by atoms with E-state index >= 15 is 0 Å². The molecule has 0 aliphatic carbocycles. The minimum absolute atomic E-state index is 0.210. The number of para-hydroxylation sites is 2. The van der Waals surface area contributed by atoms with E-state index in [2.05, 4.69) is 28.1 Å². The molecule has 5 nitrogen and oxygen atoms in total. The van der Waals surface area contributed by atoms with Crippen molar-refractivity contribution < 1.29 is 8.42 Å². The number of anilines is 1. The van der Waals surface area contributed by atoms with Gasteiger partial charge in [-0.3, -0.25) is 0 Å². The van der Waals surface area contributed by atoms with Crippen molar-refractivity contribution in [1.29, 1.82) is 0 Å². The minimum Gasteiger partial charge on any atom is -0.344 e. The molecule has 2 aromatic carbocycles. The highest BCUT2D eigenvalue weighted by molar-refractivity contribution is 7.90. The fraction of sp³-hybridized carbons (Fsp3) is 0.167. The molecule has 24 heavy (non-hydrogen) atoms. The second kappa shape index (κ2) is 5.21. The average molecular weight is 339 g/mol. The maximum atomic E-state index is 12.5. The number of rotatable bonds is 2. The molecular weight excluding hydrogens is 322 g/mol. The van der Waals surface area contributed by atoms with Crippen molar-refractivity contribution in [2.45, 2.75) is 24.8 Å². The first-order valence-corrected chi connectivity index (χ1v) is 9.22. The number of aromatic nitrogens is 1. The SMILES string of the molecule is CC(C)n1cc(C2=NS(=O)(=O)c3ccccc3N2)c2ccccc21. The molecule has 1 aliphatic heterocycles. The van der Waals surface area contributed by atoms with Crippen LogP contribution in [0.15, 0.2) is 64.0 Å². The zero-order valence-electron chi connectivity index (χ0n) is 13.4. The maximum Gasteiger partial charge on any atom is 0.286 e. The van der Waals surface area contributed by atoms with Crippen LogP contribution in [0.4, 0.5) is 5.69 Å². The molecule has 3 aromatic rings. The van der Waals surface area contributed by atoms with Crippen molar-refractivity contribution in [3.05, 3.63) is 60.3 Å². The van der Waals surface area contributed by atoms with E-state index < -0.39 is 10.0 Å². The Morgan fingerprint density at radius 1 is 1.04 bits per heavy atom. The lowest BCUT2D eigenvalue weighted by molar-refractivity contribution is 0.598.